The van der Waals surface area contributed by atoms with Crippen LogP contribution in [0, 0.1) is 0 Å². The molecule has 0 saturated carbocycles. The highest BCUT2D eigenvalue weighted by atomic mass is 35.5. The summed E-state index contributed by atoms with van der Waals surface area (Å²) in [7, 11) is 2.00. The van der Waals surface area contributed by atoms with Gasteiger partial charge in [-0.15, -0.1) is 0 Å². The van der Waals surface area contributed by atoms with E-state index in [2.05, 4.69) is 39.1 Å². The first-order valence-electron chi connectivity index (χ1n) is 10.4. The Bertz CT molecular complexity index is 566. The average molecular weight is 525 g/mol. The van der Waals surface area contributed by atoms with Gasteiger partial charge in [-0.3, -0.25) is 5.32 Å². The highest BCUT2D eigenvalue weighted by Crippen LogP contribution is 2.19. The molecule has 0 aliphatic carbocycles. The minimum atomic E-state index is 0. The lowest BCUT2D eigenvalue weighted by molar-refractivity contribution is -0.916. The first kappa shape index (κ1) is 41.5. The zero-order chi connectivity index (χ0) is 21.5. The monoisotopic (exact) mass is 523 g/mol. The number of anilines is 1. The number of hydrogen-bond donors (Lipinski definition) is 6. The van der Waals surface area contributed by atoms with Crippen LogP contribution in [0.4, 0.5) is 16.3 Å². The number of rotatable bonds is 10. The third kappa shape index (κ3) is 13.1. The van der Waals surface area contributed by atoms with Crippen LogP contribution in [0.2, 0.25) is 0 Å². The summed E-state index contributed by atoms with van der Waals surface area (Å²) in [6.45, 7) is 16.2. The number of urea groups is 1. The molecule has 2 amide bonds. The van der Waals surface area contributed by atoms with Gasteiger partial charge < -0.3 is 62.7 Å². The molecule has 32 heavy (non-hydrogen) atoms. The van der Waals surface area contributed by atoms with Crippen molar-refractivity contribution in [2.24, 2.45) is 0 Å². The van der Waals surface area contributed by atoms with Crippen LogP contribution in [0.15, 0.2) is 12.1 Å². The van der Waals surface area contributed by atoms with Crippen molar-refractivity contribution in [2.75, 3.05) is 65.3 Å². The van der Waals surface area contributed by atoms with E-state index in [1.165, 1.54) is 4.90 Å². The molecule has 0 spiro atoms. The zero-order valence-electron chi connectivity index (χ0n) is 20.2. The molecular formula is C20H44Cl3N5O4. The van der Waals surface area contributed by atoms with E-state index >= 15 is 0 Å². The van der Waals surface area contributed by atoms with Crippen molar-refractivity contribution >= 4 is 17.5 Å². The Hall–Kier alpha value is -0.750. The number of halogens is 3. The summed E-state index contributed by atoms with van der Waals surface area (Å²) < 4.78 is 0. The van der Waals surface area contributed by atoms with Crippen LogP contribution in [0.25, 0.3) is 0 Å². The Labute approximate surface area is 212 Å². The molecule has 0 bridgehead atoms. The molecule has 1 aliphatic heterocycles. The summed E-state index contributed by atoms with van der Waals surface area (Å²) in [5.74, 6) is 0.888. The number of aromatic nitrogens is 1. The molecule has 1 aliphatic rings. The van der Waals surface area contributed by atoms with Crippen LogP contribution in [-0.4, -0.2) is 86.7 Å². The number of quaternary nitrogens is 3. The quantitative estimate of drug-likeness (QED) is 0.182. The molecule has 8 N–H and O–H groups in total. The molecule has 1 aromatic heterocycles. The van der Waals surface area contributed by atoms with Crippen molar-refractivity contribution in [1.29, 1.82) is 0 Å². The van der Waals surface area contributed by atoms with E-state index in [0.717, 1.165) is 88.6 Å². The van der Waals surface area contributed by atoms with Gasteiger partial charge in [-0.25, -0.2) is 4.79 Å². The summed E-state index contributed by atoms with van der Waals surface area (Å²) in [5.41, 5.74) is 1.97. The second kappa shape index (κ2) is 24.9. The first-order chi connectivity index (χ1) is 13.6. The van der Waals surface area contributed by atoms with Crippen molar-refractivity contribution in [3.8, 4) is 0 Å². The predicted molar refractivity (Wildman–Crippen MR) is 116 cm³/mol. The molecule has 9 nitrogen and oxygen atoms in total. The van der Waals surface area contributed by atoms with Gasteiger partial charge in [0.1, 0.15) is 18.8 Å². The fourth-order valence-electron chi connectivity index (χ4n) is 3.32. The van der Waals surface area contributed by atoms with Gasteiger partial charge in [-0.2, -0.15) is 9.88 Å². The first-order valence-corrected chi connectivity index (χ1v) is 10.4. The van der Waals surface area contributed by atoms with E-state index in [1.54, 1.807) is 4.90 Å². The van der Waals surface area contributed by atoms with E-state index in [0.29, 0.717) is 0 Å². The number of fused-ring (bicyclic) bond motifs is 1. The minimum absolute atomic E-state index is 0. The van der Waals surface area contributed by atoms with E-state index in [-0.39, 0.29) is 48.7 Å². The Balaban J connectivity index is -0.000000287. The molecule has 0 saturated heterocycles. The second-order valence-corrected chi connectivity index (χ2v) is 6.55. The molecule has 0 fully saturated rings. The molecule has 2 heterocycles. The van der Waals surface area contributed by atoms with Crippen molar-refractivity contribution in [3.05, 3.63) is 17.8 Å². The van der Waals surface area contributed by atoms with Crippen molar-refractivity contribution in [3.63, 3.8) is 0 Å². The Morgan fingerprint density at radius 3 is 1.81 bits per heavy atom. The Morgan fingerprint density at radius 2 is 1.34 bits per heavy atom. The summed E-state index contributed by atoms with van der Waals surface area (Å²) >= 11 is 0. The Morgan fingerprint density at radius 1 is 0.875 bits per heavy atom. The summed E-state index contributed by atoms with van der Waals surface area (Å²) in [6.07, 6.45) is 0.965. The lowest BCUT2D eigenvalue weighted by Crippen LogP contribution is -3.18. The number of pyridine rings is 1. The van der Waals surface area contributed by atoms with Crippen LogP contribution in [0.3, 0.4) is 0 Å². The number of nitrogens with one attached hydrogen (secondary N) is 4. The molecule has 1 unspecified atom stereocenters. The maximum Gasteiger partial charge on any atom is 0.426 e. The van der Waals surface area contributed by atoms with Crippen LogP contribution in [-0.2, 0) is 6.42 Å². The third-order valence-electron chi connectivity index (χ3n) is 5.22. The number of carbonyl (C=O) groups excluding carboxylic acids is 1. The normalized spacial score (nSPS) is 12.9. The second-order valence-electron chi connectivity index (χ2n) is 6.55. The van der Waals surface area contributed by atoms with Crippen molar-refractivity contribution < 1.29 is 72.4 Å². The molecule has 194 valence electrons. The van der Waals surface area contributed by atoms with E-state index < -0.39 is 0 Å². The summed E-state index contributed by atoms with van der Waals surface area (Å²) in [5, 5.41) is 17.0. The minimum Gasteiger partial charge on any atom is -1.00 e. The fraction of sp³-hybridized carbons (Fsp3) is 0.700. The van der Waals surface area contributed by atoms with Gasteiger partial charge in [-0.05, 0) is 39.8 Å². The highest BCUT2D eigenvalue weighted by molar-refractivity contribution is 5.92. The van der Waals surface area contributed by atoms with Gasteiger partial charge in [0.15, 0.2) is 0 Å². The topological polar surface area (TPSA) is 127 Å². The van der Waals surface area contributed by atoms with E-state index in [4.69, 9.17) is 15.2 Å². The number of hydrogen-bond acceptors (Lipinski definition) is 4. The molecule has 12 heteroatoms. The van der Waals surface area contributed by atoms with Gasteiger partial charge in [-0.1, -0.05) is 0 Å². The van der Waals surface area contributed by atoms with E-state index in [1.807, 2.05) is 6.07 Å². The number of carbonyl (C=O) groups is 1. The predicted octanol–water partition coefficient (Wildman–Crippen LogP) is -12.1. The lowest BCUT2D eigenvalue weighted by Gasteiger charge is -2.17. The molecule has 1 atom stereocenters. The number of likely N-dealkylation sites (N-methyl/N-ethyl adjacent to an activating group) is 2. The number of nitrogens with zero attached hydrogens (tertiary/aromatic N) is 1. The van der Waals surface area contributed by atoms with Crippen LogP contribution >= 0.6 is 0 Å². The van der Waals surface area contributed by atoms with Gasteiger partial charge in [0.2, 0.25) is 0 Å². The third-order valence-corrected chi connectivity index (χ3v) is 5.22. The number of amides is 2. The Kier molecular flexibility index (Phi) is 32.3. The molecular weight excluding hydrogens is 481 g/mol. The lowest BCUT2D eigenvalue weighted by atomic mass is 10.2. The zero-order valence-corrected chi connectivity index (χ0v) is 22.5. The SMILES string of the molecule is CC[NH+](CC)CCc1ccc2c(n1)[NH+](CC[NH+](CC)CC)C(=O)N2.CO.CO.O.[Cl-].[Cl-].[Cl-]. The largest absolute Gasteiger partial charge is 1.00 e. The number of aliphatic hydroxyl groups excluding tert-OH is 2. The standard InChI is InChI=1S/C18H31N5O.2CH4O.3ClH.H2O/c1-5-21(6-2)12-11-15-9-10-16-17(19-15)23(18(24)20-16)14-13-22(7-3)8-4;2*1-2;;;;/h9-10H,5-8,11-14H2,1-4H3,(H,20,24);2*2H,1H3;3*1H;1H2. The van der Waals surface area contributed by atoms with Gasteiger partial charge in [0.25, 0.3) is 5.82 Å². The van der Waals surface area contributed by atoms with Crippen molar-refractivity contribution in [2.45, 2.75) is 34.1 Å². The number of aliphatic hydroxyl groups is 2. The van der Waals surface area contributed by atoms with Crippen molar-refractivity contribution in [1.82, 2.24) is 4.98 Å². The summed E-state index contributed by atoms with van der Waals surface area (Å²) in [4.78, 5) is 21.1. The van der Waals surface area contributed by atoms with Gasteiger partial charge in [0, 0.05) is 20.6 Å². The van der Waals surface area contributed by atoms with Crippen LogP contribution in [0.1, 0.15) is 33.4 Å². The maximum atomic E-state index is 12.3. The molecule has 0 aromatic carbocycles. The highest BCUT2D eigenvalue weighted by Gasteiger charge is 2.35. The summed E-state index contributed by atoms with van der Waals surface area (Å²) in [6, 6.07) is 4.11. The molecule has 0 radical (unpaired) electrons. The molecule has 2 rings (SSSR count). The smallest absolute Gasteiger partial charge is 0.426 e. The van der Waals surface area contributed by atoms with Gasteiger partial charge >= 0.3 is 6.03 Å². The average Bonchev–Trinajstić information content (AvgIpc) is 3.07. The van der Waals surface area contributed by atoms with Crippen LogP contribution in [0.5, 0.6) is 0 Å². The van der Waals surface area contributed by atoms with Gasteiger partial charge in [0.05, 0.1) is 38.4 Å². The van der Waals surface area contributed by atoms with E-state index in [9.17, 15) is 4.79 Å². The molecule has 1 aromatic rings. The van der Waals surface area contributed by atoms with Crippen LogP contribution < -0.4 is 57.2 Å². The fourth-order valence-corrected chi connectivity index (χ4v) is 3.32. The maximum absolute atomic E-state index is 12.3.